The van der Waals surface area contributed by atoms with Gasteiger partial charge in [0.2, 0.25) is 0 Å². The monoisotopic (exact) mass is 527 g/mol. The summed E-state index contributed by atoms with van der Waals surface area (Å²) in [6.07, 6.45) is 0.994. The summed E-state index contributed by atoms with van der Waals surface area (Å²) in [4.78, 5) is 33.7. The number of hydrogen-bond acceptors (Lipinski definition) is 6. The summed E-state index contributed by atoms with van der Waals surface area (Å²) >= 11 is 0. The minimum absolute atomic E-state index is 0. The normalized spacial score (nSPS) is 11.8. The van der Waals surface area contributed by atoms with Crippen LogP contribution in [0.15, 0.2) is 57.8 Å². The van der Waals surface area contributed by atoms with Gasteiger partial charge in [0.1, 0.15) is 17.0 Å². The van der Waals surface area contributed by atoms with Gasteiger partial charge < -0.3 is 27.6 Å². The summed E-state index contributed by atoms with van der Waals surface area (Å²) in [5.41, 5.74) is 7.66. The van der Waals surface area contributed by atoms with Gasteiger partial charge >= 0.3 is 1.43 Å². The lowest BCUT2D eigenvalue weighted by Crippen LogP contribution is -3.00. The van der Waals surface area contributed by atoms with E-state index in [1.165, 1.54) is 6.07 Å². The van der Waals surface area contributed by atoms with Crippen molar-refractivity contribution in [2.24, 2.45) is 5.73 Å². The predicted molar refractivity (Wildman–Crippen MR) is 136 cm³/mol. The Balaban J connectivity index is 0.00000253. The smallest absolute Gasteiger partial charge is 1.00 e. The Morgan fingerprint density at radius 2 is 1.95 bits per heavy atom. The van der Waals surface area contributed by atoms with Crippen molar-refractivity contribution in [3.8, 4) is 0 Å². The summed E-state index contributed by atoms with van der Waals surface area (Å²) in [7, 11) is 0. The second-order valence-electron chi connectivity index (χ2n) is 8.82. The van der Waals surface area contributed by atoms with Gasteiger partial charge in [0.05, 0.1) is 18.3 Å². The van der Waals surface area contributed by atoms with Gasteiger partial charge in [-0.25, -0.2) is 4.39 Å². The van der Waals surface area contributed by atoms with Crippen LogP contribution in [-0.2, 0) is 6.54 Å². The molecule has 0 saturated carbocycles. The second-order valence-corrected chi connectivity index (χ2v) is 8.82. The molecule has 4 rings (SSSR count). The van der Waals surface area contributed by atoms with Gasteiger partial charge in [-0.3, -0.25) is 14.2 Å². The van der Waals surface area contributed by atoms with E-state index in [-0.39, 0.29) is 43.1 Å². The maximum absolute atomic E-state index is 14.3. The average Bonchev–Trinajstić information content (AvgIpc) is 3.26. The van der Waals surface area contributed by atoms with Gasteiger partial charge in [0.25, 0.3) is 17.2 Å². The SMILES string of the molecule is CCC(c1nc2onc(C)c2c(=O)n1Cc1ccccc1)N(CCCN)C(=O)c1ccc(C)c(F)c1.[Cl-].[H+]. The van der Waals surface area contributed by atoms with E-state index in [0.29, 0.717) is 48.4 Å². The van der Waals surface area contributed by atoms with E-state index in [4.69, 9.17) is 15.2 Å². The van der Waals surface area contributed by atoms with Crippen LogP contribution >= 0.6 is 0 Å². The number of halogens is 2. The second kappa shape index (κ2) is 12.1. The molecule has 0 spiro atoms. The molecule has 0 bridgehead atoms. The first-order valence-corrected chi connectivity index (χ1v) is 12.0. The quantitative estimate of drug-likeness (QED) is 0.351. The first-order chi connectivity index (χ1) is 17.3. The molecule has 2 aromatic heterocycles. The van der Waals surface area contributed by atoms with Crippen LogP contribution in [0, 0.1) is 19.7 Å². The number of carbonyl (C=O) groups is 1. The standard InChI is InChI=1S/C27H30FN5O3.ClH/c1-4-22(32(14-8-13-29)26(34)20-12-11-17(2)21(28)15-20)24-30-25-23(18(3)31-36-25)27(35)33(24)16-19-9-6-5-7-10-19;/h5-7,9-12,15,22H,4,8,13-14,16,29H2,1-3H3;1H. The van der Waals surface area contributed by atoms with Gasteiger partial charge in [-0.05, 0) is 56.5 Å². The van der Waals surface area contributed by atoms with Crippen molar-refractivity contribution in [1.82, 2.24) is 19.6 Å². The number of hydrogen-bond donors (Lipinski definition) is 1. The Hall–Kier alpha value is -3.56. The molecule has 0 aliphatic heterocycles. The number of nitrogens with two attached hydrogens (primary N) is 1. The summed E-state index contributed by atoms with van der Waals surface area (Å²) in [5, 5.41) is 4.25. The van der Waals surface area contributed by atoms with Crippen LogP contribution in [-0.4, -0.2) is 38.6 Å². The number of carbonyl (C=O) groups excluding carboxylic acids is 1. The lowest BCUT2D eigenvalue weighted by atomic mass is 10.1. The van der Waals surface area contributed by atoms with Gasteiger partial charge in [-0.15, -0.1) is 0 Å². The first-order valence-electron chi connectivity index (χ1n) is 12.0. The van der Waals surface area contributed by atoms with E-state index in [1.54, 1.807) is 35.4 Å². The number of aryl methyl sites for hydroxylation is 2. The van der Waals surface area contributed by atoms with Crippen molar-refractivity contribution in [3.05, 3.63) is 92.9 Å². The van der Waals surface area contributed by atoms with Crippen LogP contribution in [0.5, 0.6) is 0 Å². The third-order valence-electron chi connectivity index (χ3n) is 6.32. The molecule has 0 radical (unpaired) electrons. The predicted octanol–water partition coefficient (Wildman–Crippen LogP) is 1.25. The van der Waals surface area contributed by atoms with Crippen LogP contribution < -0.4 is 23.7 Å². The Labute approximate surface area is 222 Å². The molecule has 0 saturated heterocycles. The molecule has 196 valence electrons. The van der Waals surface area contributed by atoms with Gasteiger partial charge in [-0.2, -0.15) is 4.98 Å². The fraction of sp³-hybridized carbons (Fsp3) is 0.333. The minimum Gasteiger partial charge on any atom is -1.00 e. The van der Waals surface area contributed by atoms with Crippen molar-refractivity contribution in [2.45, 2.75) is 46.2 Å². The lowest BCUT2D eigenvalue weighted by Gasteiger charge is -2.32. The molecule has 4 aromatic rings. The van der Waals surface area contributed by atoms with E-state index in [9.17, 15) is 14.0 Å². The highest BCUT2D eigenvalue weighted by atomic mass is 35.5. The number of benzene rings is 2. The summed E-state index contributed by atoms with van der Waals surface area (Å²) in [6.45, 7) is 6.20. The fourth-order valence-electron chi connectivity index (χ4n) is 4.35. The highest BCUT2D eigenvalue weighted by Gasteiger charge is 2.30. The zero-order valence-electron chi connectivity index (χ0n) is 22.1. The molecule has 1 atom stereocenters. The van der Waals surface area contributed by atoms with Crippen LogP contribution in [0.4, 0.5) is 4.39 Å². The van der Waals surface area contributed by atoms with E-state index in [1.807, 2.05) is 37.3 Å². The molecule has 10 heteroatoms. The van der Waals surface area contributed by atoms with Gasteiger partial charge in [-0.1, -0.05) is 48.5 Å². The summed E-state index contributed by atoms with van der Waals surface area (Å²) in [6, 6.07) is 13.4. The number of nitrogens with zero attached hydrogens (tertiary/aromatic N) is 4. The Morgan fingerprint density at radius 1 is 1.22 bits per heavy atom. The maximum Gasteiger partial charge on any atom is 1.00 e. The molecular weight excluding hydrogens is 497 g/mol. The van der Waals surface area contributed by atoms with Gasteiger partial charge in [0.15, 0.2) is 0 Å². The molecule has 1 amide bonds. The average molecular weight is 528 g/mol. The lowest BCUT2D eigenvalue weighted by molar-refractivity contribution is -0.0000193. The minimum atomic E-state index is -0.584. The number of aromatic nitrogens is 3. The van der Waals surface area contributed by atoms with Crippen molar-refractivity contribution in [3.63, 3.8) is 0 Å². The van der Waals surface area contributed by atoms with Gasteiger partial charge in [0, 0.05) is 12.1 Å². The Bertz CT molecular complexity index is 1440. The Morgan fingerprint density at radius 3 is 2.59 bits per heavy atom. The highest BCUT2D eigenvalue weighted by molar-refractivity contribution is 5.94. The largest absolute Gasteiger partial charge is 1.00 e. The van der Waals surface area contributed by atoms with Crippen LogP contribution in [0.2, 0.25) is 0 Å². The molecule has 2 heterocycles. The Kier molecular flexibility index (Phi) is 9.18. The fourth-order valence-corrected chi connectivity index (χ4v) is 4.35. The zero-order chi connectivity index (χ0) is 25.8. The maximum atomic E-state index is 14.3. The molecular formula is C27H31ClFN5O3. The number of amides is 1. The van der Waals surface area contributed by atoms with E-state index < -0.39 is 11.9 Å². The van der Waals surface area contributed by atoms with E-state index in [0.717, 1.165) is 5.56 Å². The molecule has 1 unspecified atom stereocenters. The molecule has 2 N–H and O–H groups in total. The van der Waals surface area contributed by atoms with E-state index >= 15 is 0 Å². The van der Waals surface area contributed by atoms with Crippen molar-refractivity contribution >= 4 is 17.0 Å². The van der Waals surface area contributed by atoms with Crippen molar-refractivity contribution in [2.75, 3.05) is 13.1 Å². The molecule has 0 aliphatic rings. The topological polar surface area (TPSA) is 107 Å². The van der Waals surface area contributed by atoms with Crippen LogP contribution in [0.3, 0.4) is 0 Å². The molecule has 8 nitrogen and oxygen atoms in total. The third-order valence-corrected chi connectivity index (χ3v) is 6.32. The van der Waals surface area contributed by atoms with Crippen molar-refractivity contribution in [1.29, 1.82) is 0 Å². The van der Waals surface area contributed by atoms with Crippen LogP contribution in [0.1, 0.15) is 60.2 Å². The molecule has 0 aliphatic carbocycles. The molecule has 2 aromatic carbocycles. The zero-order valence-corrected chi connectivity index (χ0v) is 21.8. The molecule has 0 fully saturated rings. The summed E-state index contributed by atoms with van der Waals surface area (Å²) < 4.78 is 21.3. The number of fused-ring (bicyclic) bond motifs is 1. The molecule has 37 heavy (non-hydrogen) atoms. The third kappa shape index (κ3) is 5.73. The summed E-state index contributed by atoms with van der Waals surface area (Å²) in [5.74, 6) is -0.429. The highest BCUT2D eigenvalue weighted by Crippen LogP contribution is 2.27. The first kappa shape index (κ1) is 28.0. The van der Waals surface area contributed by atoms with Crippen molar-refractivity contribution < 1.29 is 27.5 Å². The van der Waals surface area contributed by atoms with Crippen LogP contribution in [0.25, 0.3) is 11.1 Å². The number of rotatable bonds is 9. The van der Waals surface area contributed by atoms with E-state index in [2.05, 4.69) is 5.16 Å².